The van der Waals surface area contributed by atoms with Crippen LogP contribution in [0.1, 0.15) is 19.3 Å². The molecule has 1 rings (SSSR count). The number of rotatable bonds is 8. The molecule has 0 saturated carbocycles. The van der Waals surface area contributed by atoms with E-state index in [0.717, 1.165) is 0 Å². The summed E-state index contributed by atoms with van der Waals surface area (Å²) in [6.45, 7) is -0.711. The molecule has 0 radical (unpaired) electrons. The van der Waals surface area contributed by atoms with Crippen LogP contribution in [-0.4, -0.2) is 86.6 Å². The minimum atomic E-state index is -4.82. The van der Waals surface area contributed by atoms with Gasteiger partial charge < -0.3 is 30.3 Å². The molecule has 1 heterocycles. The van der Waals surface area contributed by atoms with E-state index in [-0.39, 0.29) is 18.1 Å². The highest BCUT2D eigenvalue weighted by Gasteiger charge is 2.44. The summed E-state index contributed by atoms with van der Waals surface area (Å²) in [7, 11) is -4.82. The van der Waals surface area contributed by atoms with Crippen molar-refractivity contribution in [2.75, 3.05) is 13.2 Å². The highest BCUT2D eigenvalue weighted by molar-refractivity contribution is 8.14. The summed E-state index contributed by atoms with van der Waals surface area (Å²) in [6.07, 6.45) is -4.85. The van der Waals surface area contributed by atoms with Gasteiger partial charge in [0.25, 0.3) is 0 Å². The Morgan fingerprint density at radius 2 is 1.79 bits per heavy atom. The average Bonchev–Trinajstić information content (AvgIpc) is 2.52. The first-order valence-electron chi connectivity index (χ1n) is 7.00. The van der Waals surface area contributed by atoms with E-state index in [2.05, 4.69) is 9.44 Å². The zero-order valence-electron chi connectivity index (χ0n) is 12.5. The van der Waals surface area contributed by atoms with Crippen LogP contribution in [0.15, 0.2) is 5.16 Å². The molecule has 0 aromatic carbocycles. The van der Waals surface area contributed by atoms with E-state index < -0.39 is 46.9 Å². The van der Waals surface area contributed by atoms with Crippen LogP contribution in [0.2, 0.25) is 0 Å². The maximum atomic E-state index is 10.6. The van der Waals surface area contributed by atoms with Crippen molar-refractivity contribution in [1.82, 2.24) is 0 Å². The molecule has 0 aromatic heterocycles. The molecule has 0 aromatic rings. The largest absolute Gasteiger partial charge is 0.466 e. The zero-order valence-corrected chi connectivity index (χ0v) is 14.1. The second kappa shape index (κ2) is 9.84. The fraction of sp³-hybridized carbons (Fsp3) is 0.909. The van der Waals surface area contributed by atoms with Gasteiger partial charge in [0.1, 0.15) is 34.9 Å². The third-order valence-corrected chi connectivity index (χ3v) is 4.57. The molecule has 1 aliphatic heterocycles. The molecule has 5 atom stereocenters. The summed E-state index contributed by atoms with van der Waals surface area (Å²) < 4.78 is 39.0. The lowest BCUT2D eigenvalue weighted by atomic mass is 10.0. The standard InChI is InChI=1S/C11H21NO10S2/c13-4-2-1-3-7(12-22-24(18,19)20)23-11-10(17)9(16)8(15)6(5-14)21-11/h6,8-11,13-17H,1-5H2,(H,18,19,20)/b12-7-/t6-,8-,9+,10-,11+/m1/s1. The lowest BCUT2D eigenvalue weighted by molar-refractivity contribution is -0.205. The summed E-state index contributed by atoms with van der Waals surface area (Å²) in [4.78, 5) is 0. The Bertz CT molecular complexity index is 511. The van der Waals surface area contributed by atoms with Gasteiger partial charge in [-0.15, -0.1) is 0 Å². The molecule has 1 saturated heterocycles. The van der Waals surface area contributed by atoms with Gasteiger partial charge in [0.15, 0.2) is 0 Å². The van der Waals surface area contributed by atoms with E-state index >= 15 is 0 Å². The van der Waals surface area contributed by atoms with Crippen LogP contribution in [0.4, 0.5) is 0 Å². The Morgan fingerprint density at radius 1 is 1.12 bits per heavy atom. The molecule has 24 heavy (non-hydrogen) atoms. The summed E-state index contributed by atoms with van der Waals surface area (Å²) in [5, 5.41) is 50.5. The Balaban J connectivity index is 2.82. The van der Waals surface area contributed by atoms with Crippen molar-refractivity contribution >= 4 is 27.2 Å². The van der Waals surface area contributed by atoms with Crippen LogP contribution in [0.5, 0.6) is 0 Å². The first-order chi connectivity index (χ1) is 11.2. The van der Waals surface area contributed by atoms with Gasteiger partial charge in [-0.05, 0) is 19.3 Å². The number of hydrogen-bond donors (Lipinski definition) is 6. The van der Waals surface area contributed by atoms with Crippen LogP contribution < -0.4 is 0 Å². The van der Waals surface area contributed by atoms with Crippen molar-refractivity contribution in [3.05, 3.63) is 0 Å². The second-order valence-corrected chi connectivity index (χ2v) is 7.16. The fourth-order valence-corrected chi connectivity index (χ4v) is 3.24. The highest BCUT2D eigenvalue weighted by atomic mass is 32.3. The van der Waals surface area contributed by atoms with Crippen LogP contribution in [0.3, 0.4) is 0 Å². The van der Waals surface area contributed by atoms with E-state index in [4.69, 9.17) is 19.5 Å². The number of oxime groups is 1. The number of aliphatic hydroxyl groups excluding tert-OH is 5. The lowest BCUT2D eigenvalue weighted by Gasteiger charge is -2.39. The van der Waals surface area contributed by atoms with E-state index in [1.54, 1.807) is 0 Å². The molecule has 0 unspecified atom stereocenters. The van der Waals surface area contributed by atoms with Gasteiger partial charge >= 0.3 is 10.4 Å². The van der Waals surface area contributed by atoms with E-state index in [9.17, 15) is 23.7 Å². The minimum absolute atomic E-state index is 0.00500. The zero-order chi connectivity index (χ0) is 18.3. The molecule has 0 bridgehead atoms. The van der Waals surface area contributed by atoms with E-state index in [1.807, 2.05) is 0 Å². The normalized spacial score (nSPS) is 31.9. The predicted molar refractivity (Wildman–Crippen MR) is 82.4 cm³/mol. The van der Waals surface area contributed by atoms with Gasteiger partial charge in [-0.25, -0.2) is 4.28 Å². The number of hydrogen-bond acceptors (Lipinski definition) is 11. The molecule has 1 aliphatic rings. The van der Waals surface area contributed by atoms with E-state index in [1.165, 1.54) is 0 Å². The van der Waals surface area contributed by atoms with Gasteiger partial charge in [-0.3, -0.25) is 4.55 Å². The number of thioether (sulfide) groups is 1. The average molecular weight is 391 g/mol. The molecule has 11 nitrogen and oxygen atoms in total. The molecular weight excluding hydrogens is 370 g/mol. The summed E-state index contributed by atoms with van der Waals surface area (Å²) in [5.41, 5.74) is -1.17. The molecule has 0 amide bonds. The van der Waals surface area contributed by atoms with Crippen molar-refractivity contribution in [3.63, 3.8) is 0 Å². The van der Waals surface area contributed by atoms with E-state index in [0.29, 0.717) is 24.6 Å². The molecule has 142 valence electrons. The summed E-state index contributed by atoms with van der Waals surface area (Å²) in [5.74, 6) is 0. The van der Waals surface area contributed by atoms with Gasteiger partial charge in [0.2, 0.25) is 0 Å². The molecule has 13 heteroatoms. The Hall–Kier alpha value is -0.510. The van der Waals surface area contributed by atoms with Crippen LogP contribution >= 0.6 is 11.8 Å². The SMILES string of the molecule is O=S(=O)(O)O/N=C(/CCCCO)S[C@@H]1O[C@H](CO)[C@@H](O)[C@H](O)[C@H]1O. The Morgan fingerprint density at radius 3 is 2.33 bits per heavy atom. The monoisotopic (exact) mass is 391 g/mol. The van der Waals surface area contributed by atoms with Gasteiger partial charge in [0.05, 0.1) is 6.61 Å². The lowest BCUT2D eigenvalue weighted by Crippen LogP contribution is -2.57. The molecule has 1 fully saturated rings. The number of unbranched alkanes of at least 4 members (excludes halogenated alkanes) is 1. The number of aliphatic hydroxyl groups is 5. The number of ether oxygens (including phenoxy) is 1. The van der Waals surface area contributed by atoms with Crippen LogP contribution in [0.25, 0.3) is 0 Å². The smallest absolute Gasteiger partial charge is 0.396 e. The van der Waals surface area contributed by atoms with Gasteiger partial charge in [-0.2, -0.15) is 8.42 Å². The quantitative estimate of drug-likeness (QED) is 0.0867. The summed E-state index contributed by atoms with van der Waals surface area (Å²) >= 11 is 0.703. The third-order valence-electron chi connectivity index (χ3n) is 3.13. The second-order valence-electron chi connectivity index (χ2n) is 4.98. The topological polar surface area (TPSA) is 186 Å². The first kappa shape index (κ1) is 21.5. The Kier molecular flexibility index (Phi) is 8.83. The highest BCUT2D eigenvalue weighted by Crippen LogP contribution is 2.30. The Labute approximate surface area is 142 Å². The van der Waals surface area contributed by atoms with Crippen molar-refractivity contribution in [2.24, 2.45) is 5.16 Å². The van der Waals surface area contributed by atoms with Crippen molar-refractivity contribution < 1.29 is 47.5 Å². The maximum absolute atomic E-state index is 10.6. The van der Waals surface area contributed by atoms with Crippen LogP contribution in [0, 0.1) is 0 Å². The van der Waals surface area contributed by atoms with Crippen molar-refractivity contribution in [1.29, 1.82) is 0 Å². The van der Waals surface area contributed by atoms with Crippen molar-refractivity contribution in [3.8, 4) is 0 Å². The molecule has 6 N–H and O–H groups in total. The minimum Gasteiger partial charge on any atom is -0.396 e. The fourth-order valence-electron chi connectivity index (χ4n) is 1.90. The molecular formula is C11H21NO10S2. The first-order valence-corrected chi connectivity index (χ1v) is 9.25. The molecule has 0 aliphatic carbocycles. The predicted octanol–water partition coefficient (Wildman–Crippen LogP) is -2.18. The van der Waals surface area contributed by atoms with Crippen LogP contribution in [-0.2, 0) is 19.4 Å². The van der Waals surface area contributed by atoms with Crippen molar-refractivity contribution in [2.45, 2.75) is 49.1 Å². The van der Waals surface area contributed by atoms with Gasteiger partial charge in [-0.1, -0.05) is 16.9 Å². The maximum Gasteiger partial charge on any atom is 0.466 e. The summed E-state index contributed by atoms with van der Waals surface area (Å²) in [6, 6.07) is 0. The van der Waals surface area contributed by atoms with Gasteiger partial charge in [0, 0.05) is 6.61 Å². The number of nitrogens with zero attached hydrogens (tertiary/aromatic N) is 1. The molecule has 0 spiro atoms. The third kappa shape index (κ3) is 6.78.